The molecule has 1 aromatic carbocycles. The predicted molar refractivity (Wildman–Crippen MR) is 78.7 cm³/mol. The molecule has 0 aliphatic carbocycles. The summed E-state index contributed by atoms with van der Waals surface area (Å²) in [6.45, 7) is 3.30. The summed E-state index contributed by atoms with van der Waals surface area (Å²) in [7, 11) is 5.97. The van der Waals surface area contributed by atoms with Crippen LogP contribution in [0.25, 0.3) is 6.08 Å². The molecular formula is C15H20O6. The lowest BCUT2D eigenvalue weighted by Crippen LogP contribution is -2.04. The Kier molecular flexibility index (Phi) is 5.46. The van der Waals surface area contributed by atoms with Gasteiger partial charge in [0.1, 0.15) is 0 Å². The lowest BCUT2D eigenvalue weighted by Gasteiger charge is -2.20. The Morgan fingerprint density at radius 2 is 1.33 bits per heavy atom. The minimum atomic E-state index is -1.01. The van der Waals surface area contributed by atoms with Gasteiger partial charge in [-0.15, -0.1) is 0 Å². The third-order valence-corrected chi connectivity index (χ3v) is 3.12. The highest BCUT2D eigenvalue weighted by Gasteiger charge is 2.24. The molecular weight excluding hydrogens is 276 g/mol. The molecule has 0 radical (unpaired) electrons. The summed E-state index contributed by atoms with van der Waals surface area (Å²) in [6.07, 6.45) is 1.51. The number of carboxylic acids is 1. The van der Waals surface area contributed by atoms with Gasteiger partial charge in [0, 0.05) is 16.7 Å². The summed E-state index contributed by atoms with van der Waals surface area (Å²) in [4.78, 5) is 11.1. The van der Waals surface area contributed by atoms with Gasteiger partial charge in [-0.2, -0.15) is 0 Å². The number of benzene rings is 1. The maximum Gasteiger partial charge on any atom is 0.331 e. The van der Waals surface area contributed by atoms with Gasteiger partial charge < -0.3 is 24.1 Å². The molecule has 0 aromatic heterocycles. The minimum Gasteiger partial charge on any atom is -0.492 e. The van der Waals surface area contributed by atoms with Crippen LogP contribution in [-0.4, -0.2) is 39.5 Å². The Bertz CT molecular complexity index is 574. The van der Waals surface area contributed by atoms with Gasteiger partial charge in [0.2, 0.25) is 11.5 Å². The molecule has 0 spiro atoms. The van der Waals surface area contributed by atoms with Gasteiger partial charge in [-0.25, -0.2) is 4.79 Å². The van der Waals surface area contributed by atoms with E-state index in [2.05, 4.69) is 0 Å². The van der Waals surface area contributed by atoms with E-state index in [1.165, 1.54) is 41.4 Å². The molecule has 0 fully saturated rings. The normalized spacial score (nSPS) is 11.0. The molecule has 116 valence electrons. The average molecular weight is 296 g/mol. The monoisotopic (exact) mass is 296 g/mol. The van der Waals surface area contributed by atoms with Crippen LogP contribution in [0, 0.1) is 6.92 Å². The highest BCUT2D eigenvalue weighted by Crippen LogP contribution is 2.49. The Morgan fingerprint density at radius 3 is 1.71 bits per heavy atom. The van der Waals surface area contributed by atoms with Crippen molar-refractivity contribution in [3.8, 4) is 23.0 Å². The molecule has 0 bridgehead atoms. The third kappa shape index (κ3) is 3.04. The van der Waals surface area contributed by atoms with Crippen LogP contribution >= 0.6 is 0 Å². The lowest BCUT2D eigenvalue weighted by atomic mass is 10.0. The summed E-state index contributed by atoms with van der Waals surface area (Å²) in [5, 5.41) is 9.06. The van der Waals surface area contributed by atoms with E-state index in [0.717, 1.165) is 0 Å². The van der Waals surface area contributed by atoms with E-state index in [-0.39, 0.29) is 5.57 Å². The Morgan fingerprint density at radius 1 is 0.905 bits per heavy atom. The first kappa shape index (κ1) is 16.7. The number of rotatable bonds is 6. The van der Waals surface area contributed by atoms with Gasteiger partial charge in [-0.05, 0) is 19.9 Å². The van der Waals surface area contributed by atoms with Crippen LogP contribution in [0.15, 0.2) is 5.57 Å². The molecule has 21 heavy (non-hydrogen) atoms. The van der Waals surface area contributed by atoms with Crippen molar-refractivity contribution in [2.75, 3.05) is 28.4 Å². The van der Waals surface area contributed by atoms with E-state index in [9.17, 15) is 4.79 Å². The van der Waals surface area contributed by atoms with E-state index in [0.29, 0.717) is 34.1 Å². The van der Waals surface area contributed by atoms with E-state index >= 15 is 0 Å². The molecule has 0 heterocycles. The van der Waals surface area contributed by atoms with Gasteiger partial charge >= 0.3 is 5.97 Å². The SMILES string of the molecule is COc1c(C)c(C=C(C)C(=O)O)c(OC)c(OC)c1OC. The number of methoxy groups -OCH3 is 4. The van der Waals surface area contributed by atoms with Crippen LogP contribution in [0.5, 0.6) is 23.0 Å². The highest BCUT2D eigenvalue weighted by molar-refractivity contribution is 5.93. The fourth-order valence-electron chi connectivity index (χ4n) is 2.06. The second-order valence-electron chi connectivity index (χ2n) is 4.30. The maximum atomic E-state index is 11.1. The van der Waals surface area contributed by atoms with Crippen molar-refractivity contribution < 1.29 is 28.8 Å². The fraction of sp³-hybridized carbons (Fsp3) is 0.400. The van der Waals surface area contributed by atoms with Gasteiger partial charge in [0.05, 0.1) is 28.4 Å². The summed E-state index contributed by atoms with van der Waals surface area (Å²) in [5.41, 5.74) is 1.45. The van der Waals surface area contributed by atoms with Gasteiger partial charge in [0.25, 0.3) is 0 Å². The predicted octanol–water partition coefficient (Wildman–Crippen LogP) is 2.52. The van der Waals surface area contributed by atoms with Crippen molar-refractivity contribution in [1.29, 1.82) is 0 Å². The number of aliphatic carboxylic acids is 1. The summed E-state index contributed by atoms with van der Waals surface area (Å²) in [5.74, 6) is 0.615. The van der Waals surface area contributed by atoms with Crippen LogP contribution in [-0.2, 0) is 4.79 Å². The van der Waals surface area contributed by atoms with Crippen LogP contribution < -0.4 is 18.9 Å². The van der Waals surface area contributed by atoms with Crippen LogP contribution in [0.2, 0.25) is 0 Å². The summed E-state index contributed by atoms with van der Waals surface area (Å²) in [6, 6.07) is 0. The van der Waals surface area contributed by atoms with Crippen molar-refractivity contribution in [2.45, 2.75) is 13.8 Å². The zero-order chi connectivity index (χ0) is 16.2. The summed E-state index contributed by atoms with van der Waals surface area (Å²) < 4.78 is 21.4. The average Bonchev–Trinajstić information content (AvgIpc) is 2.47. The molecule has 0 aliphatic rings. The molecule has 1 aromatic rings. The summed E-state index contributed by atoms with van der Waals surface area (Å²) >= 11 is 0. The van der Waals surface area contributed by atoms with Gasteiger partial charge in [0.15, 0.2) is 11.5 Å². The number of carbonyl (C=O) groups is 1. The largest absolute Gasteiger partial charge is 0.492 e. The Hall–Kier alpha value is -2.37. The zero-order valence-corrected chi connectivity index (χ0v) is 13.1. The number of hydrogen-bond acceptors (Lipinski definition) is 5. The Balaban J connectivity index is 3.78. The highest BCUT2D eigenvalue weighted by atomic mass is 16.5. The lowest BCUT2D eigenvalue weighted by molar-refractivity contribution is -0.132. The van der Waals surface area contributed by atoms with Gasteiger partial charge in [-0.3, -0.25) is 0 Å². The smallest absolute Gasteiger partial charge is 0.331 e. The first-order valence-electron chi connectivity index (χ1n) is 6.20. The van der Waals surface area contributed by atoms with Crippen molar-refractivity contribution in [3.63, 3.8) is 0 Å². The van der Waals surface area contributed by atoms with Crippen LogP contribution in [0.3, 0.4) is 0 Å². The van der Waals surface area contributed by atoms with Crippen LogP contribution in [0.1, 0.15) is 18.1 Å². The molecule has 1 N–H and O–H groups in total. The number of ether oxygens (including phenoxy) is 4. The van der Waals surface area contributed by atoms with E-state index in [1.54, 1.807) is 6.92 Å². The molecule has 0 saturated carbocycles. The fourth-order valence-corrected chi connectivity index (χ4v) is 2.06. The van der Waals surface area contributed by atoms with E-state index in [1.807, 2.05) is 0 Å². The minimum absolute atomic E-state index is 0.172. The zero-order valence-electron chi connectivity index (χ0n) is 13.1. The quantitative estimate of drug-likeness (QED) is 0.813. The second-order valence-corrected chi connectivity index (χ2v) is 4.30. The maximum absolute atomic E-state index is 11.1. The van der Waals surface area contributed by atoms with Crippen molar-refractivity contribution in [2.24, 2.45) is 0 Å². The van der Waals surface area contributed by atoms with Crippen molar-refractivity contribution in [1.82, 2.24) is 0 Å². The van der Waals surface area contributed by atoms with E-state index < -0.39 is 5.97 Å². The number of hydrogen-bond donors (Lipinski definition) is 1. The molecule has 0 unspecified atom stereocenters. The van der Waals surface area contributed by atoms with Crippen molar-refractivity contribution in [3.05, 3.63) is 16.7 Å². The molecule has 1 rings (SSSR count). The molecule has 6 heteroatoms. The standard InChI is InChI=1S/C15H20O6/c1-8(15(16)17)7-10-9(2)11(18-3)13(20-5)14(21-6)12(10)19-4/h7H,1-6H3,(H,16,17). The number of carboxylic acid groups (broad SMARTS) is 1. The molecule has 0 aliphatic heterocycles. The molecule has 0 amide bonds. The topological polar surface area (TPSA) is 74.2 Å². The second kappa shape index (κ2) is 6.88. The first-order chi connectivity index (χ1) is 9.92. The molecule has 0 saturated heterocycles. The first-order valence-corrected chi connectivity index (χ1v) is 6.20. The van der Waals surface area contributed by atoms with Crippen molar-refractivity contribution >= 4 is 12.0 Å². The Labute approximate surface area is 123 Å². The van der Waals surface area contributed by atoms with E-state index in [4.69, 9.17) is 24.1 Å². The molecule has 6 nitrogen and oxygen atoms in total. The molecule has 0 atom stereocenters. The third-order valence-electron chi connectivity index (χ3n) is 3.12. The van der Waals surface area contributed by atoms with Gasteiger partial charge in [-0.1, -0.05) is 0 Å². The van der Waals surface area contributed by atoms with Crippen LogP contribution in [0.4, 0.5) is 0 Å².